The molecule has 19 heavy (non-hydrogen) atoms. The summed E-state index contributed by atoms with van der Waals surface area (Å²) in [6.07, 6.45) is 3.40. The molecule has 0 aromatic carbocycles. The molecule has 0 bridgehead atoms. The van der Waals surface area contributed by atoms with Crippen LogP contribution < -0.4 is 5.32 Å². The number of hydrogen-bond acceptors (Lipinski definition) is 4. The van der Waals surface area contributed by atoms with Crippen LogP contribution in [0.5, 0.6) is 0 Å². The molecule has 0 amide bonds. The predicted octanol–water partition coefficient (Wildman–Crippen LogP) is 1.66. The van der Waals surface area contributed by atoms with Crippen molar-refractivity contribution in [2.75, 3.05) is 25.1 Å². The Kier molecular flexibility index (Phi) is 4.97. The van der Waals surface area contributed by atoms with Crippen molar-refractivity contribution >= 4 is 25.8 Å². The average molecular weight is 347 g/mol. The highest BCUT2D eigenvalue weighted by atomic mass is 79.9. The zero-order chi connectivity index (χ0) is 13.9. The molecule has 1 aromatic heterocycles. The van der Waals surface area contributed by atoms with Gasteiger partial charge in [-0.1, -0.05) is 0 Å². The van der Waals surface area contributed by atoms with Gasteiger partial charge in [-0.05, 0) is 66.3 Å². The van der Waals surface area contributed by atoms with Gasteiger partial charge in [0.15, 0.2) is 9.84 Å². The highest BCUT2D eigenvalue weighted by Crippen LogP contribution is 2.28. The van der Waals surface area contributed by atoms with Gasteiger partial charge in [-0.2, -0.15) is 0 Å². The van der Waals surface area contributed by atoms with Crippen LogP contribution in [0.1, 0.15) is 12.1 Å². The lowest BCUT2D eigenvalue weighted by Crippen LogP contribution is -2.29. The molecule has 1 aliphatic heterocycles. The average Bonchev–Trinajstić information content (AvgIpc) is 2.72. The van der Waals surface area contributed by atoms with Crippen molar-refractivity contribution < 1.29 is 8.42 Å². The number of nitrogens with one attached hydrogen (secondary N) is 1. The van der Waals surface area contributed by atoms with Crippen LogP contribution in [0.2, 0.25) is 0 Å². The molecule has 0 spiro atoms. The molecule has 2 heterocycles. The number of hydrogen-bond donors (Lipinski definition) is 1. The fourth-order valence-electron chi connectivity index (χ4n) is 2.66. The third-order valence-electron chi connectivity index (χ3n) is 3.66. The van der Waals surface area contributed by atoms with Crippen LogP contribution in [0, 0.1) is 11.8 Å². The number of halogens is 1. The minimum atomic E-state index is -2.81. The second kappa shape index (κ2) is 6.33. The molecular formula is C13H19BrN2O2S. The van der Waals surface area contributed by atoms with Gasteiger partial charge >= 0.3 is 0 Å². The second-order valence-corrected chi connectivity index (χ2v) is 8.30. The lowest BCUT2D eigenvalue weighted by atomic mass is 9.87. The molecule has 0 saturated carbocycles. The second-order valence-electron chi connectivity index (χ2n) is 5.15. The van der Waals surface area contributed by atoms with Crippen LogP contribution >= 0.6 is 15.9 Å². The largest absolute Gasteiger partial charge is 0.319 e. The summed E-state index contributed by atoms with van der Waals surface area (Å²) in [4.78, 5) is 4.38. The van der Waals surface area contributed by atoms with Crippen LogP contribution in [-0.4, -0.2) is 38.5 Å². The Morgan fingerprint density at radius 2 is 2.32 bits per heavy atom. The van der Waals surface area contributed by atoms with E-state index in [0.717, 1.165) is 29.6 Å². The summed E-state index contributed by atoms with van der Waals surface area (Å²) in [5, 5.41) is 3.17. The highest BCUT2D eigenvalue weighted by Gasteiger charge is 2.33. The minimum absolute atomic E-state index is 0.253. The maximum absolute atomic E-state index is 11.6. The van der Waals surface area contributed by atoms with Gasteiger partial charge < -0.3 is 5.32 Å². The van der Waals surface area contributed by atoms with E-state index in [2.05, 4.69) is 26.2 Å². The van der Waals surface area contributed by atoms with E-state index in [1.807, 2.05) is 19.2 Å². The lowest BCUT2D eigenvalue weighted by Gasteiger charge is -2.22. The molecule has 1 saturated heterocycles. The third kappa shape index (κ3) is 4.26. The number of sulfone groups is 1. The van der Waals surface area contributed by atoms with E-state index in [4.69, 9.17) is 0 Å². The normalized spacial score (nSPS) is 23.4. The number of nitrogens with zero attached hydrogens (tertiary/aromatic N) is 1. The van der Waals surface area contributed by atoms with E-state index in [1.54, 1.807) is 6.20 Å². The van der Waals surface area contributed by atoms with E-state index in [0.29, 0.717) is 17.4 Å². The van der Waals surface area contributed by atoms with Gasteiger partial charge in [0.2, 0.25) is 0 Å². The van der Waals surface area contributed by atoms with Crippen molar-refractivity contribution in [1.29, 1.82) is 0 Å². The van der Waals surface area contributed by atoms with E-state index in [1.165, 1.54) is 0 Å². The van der Waals surface area contributed by atoms with Crippen molar-refractivity contribution in [3.8, 4) is 0 Å². The molecule has 1 N–H and O–H groups in total. The minimum Gasteiger partial charge on any atom is -0.319 e. The van der Waals surface area contributed by atoms with E-state index in [9.17, 15) is 8.42 Å². The van der Waals surface area contributed by atoms with Gasteiger partial charge in [0.1, 0.15) is 0 Å². The van der Waals surface area contributed by atoms with E-state index < -0.39 is 9.84 Å². The van der Waals surface area contributed by atoms with Crippen LogP contribution in [0.3, 0.4) is 0 Å². The Balaban J connectivity index is 2.06. The molecule has 1 aliphatic rings. The van der Waals surface area contributed by atoms with Crippen molar-refractivity contribution in [3.63, 3.8) is 0 Å². The molecule has 2 rings (SSSR count). The Bertz CT molecular complexity index is 516. The Morgan fingerprint density at radius 1 is 1.53 bits per heavy atom. The number of rotatable bonds is 5. The summed E-state index contributed by atoms with van der Waals surface area (Å²) >= 11 is 3.37. The van der Waals surface area contributed by atoms with Crippen molar-refractivity contribution in [3.05, 3.63) is 28.5 Å². The maximum atomic E-state index is 11.6. The topological polar surface area (TPSA) is 59.1 Å². The van der Waals surface area contributed by atoms with Gasteiger partial charge in [-0.25, -0.2) is 8.42 Å². The van der Waals surface area contributed by atoms with Gasteiger partial charge in [-0.3, -0.25) is 4.98 Å². The molecule has 0 radical (unpaired) electrons. The molecule has 2 unspecified atom stereocenters. The summed E-state index contributed by atoms with van der Waals surface area (Å²) in [5.74, 6) is 1.25. The molecule has 0 aliphatic carbocycles. The standard InChI is InChI=1S/C13H19BrN2O2S/c1-15-7-11(10-4-5-19(17,18)9-10)6-13-3-2-12(14)8-16-13/h2-3,8,10-11,15H,4-7,9H2,1H3. The molecule has 1 aromatic rings. The summed E-state index contributed by atoms with van der Waals surface area (Å²) < 4.78 is 24.2. The molecule has 1 fully saturated rings. The van der Waals surface area contributed by atoms with Crippen LogP contribution in [0.4, 0.5) is 0 Å². The summed E-state index contributed by atoms with van der Waals surface area (Å²) in [5.41, 5.74) is 1.02. The summed E-state index contributed by atoms with van der Waals surface area (Å²) in [6, 6.07) is 3.97. The van der Waals surface area contributed by atoms with Crippen molar-refractivity contribution in [2.45, 2.75) is 12.8 Å². The van der Waals surface area contributed by atoms with Gasteiger partial charge in [0.25, 0.3) is 0 Å². The van der Waals surface area contributed by atoms with E-state index in [-0.39, 0.29) is 5.92 Å². The fraction of sp³-hybridized carbons (Fsp3) is 0.615. The highest BCUT2D eigenvalue weighted by molar-refractivity contribution is 9.10. The zero-order valence-electron chi connectivity index (χ0n) is 11.0. The predicted molar refractivity (Wildman–Crippen MR) is 79.8 cm³/mol. The van der Waals surface area contributed by atoms with Crippen LogP contribution in [0.15, 0.2) is 22.8 Å². The summed E-state index contributed by atoms with van der Waals surface area (Å²) in [7, 11) is -0.905. The first kappa shape index (κ1) is 14.9. The van der Waals surface area contributed by atoms with Crippen LogP contribution in [-0.2, 0) is 16.3 Å². The van der Waals surface area contributed by atoms with Gasteiger partial charge in [-0.15, -0.1) is 0 Å². The van der Waals surface area contributed by atoms with Gasteiger partial charge in [0.05, 0.1) is 11.5 Å². The number of pyridine rings is 1. The van der Waals surface area contributed by atoms with Crippen molar-refractivity contribution in [1.82, 2.24) is 10.3 Å². The molecule has 106 valence electrons. The first-order valence-electron chi connectivity index (χ1n) is 6.45. The number of aromatic nitrogens is 1. The monoisotopic (exact) mass is 346 g/mol. The molecule has 2 atom stereocenters. The maximum Gasteiger partial charge on any atom is 0.150 e. The molecule has 6 heteroatoms. The molecule has 4 nitrogen and oxygen atoms in total. The fourth-order valence-corrected chi connectivity index (χ4v) is 4.81. The van der Waals surface area contributed by atoms with Gasteiger partial charge in [0, 0.05) is 16.4 Å². The SMILES string of the molecule is CNCC(Cc1ccc(Br)cn1)C1CCS(=O)(=O)C1. The quantitative estimate of drug-likeness (QED) is 0.880. The smallest absolute Gasteiger partial charge is 0.150 e. The third-order valence-corrected chi connectivity index (χ3v) is 5.92. The summed E-state index contributed by atoms with van der Waals surface area (Å²) in [6.45, 7) is 0.831. The van der Waals surface area contributed by atoms with Crippen LogP contribution in [0.25, 0.3) is 0 Å². The first-order valence-corrected chi connectivity index (χ1v) is 9.07. The molecular weight excluding hydrogens is 328 g/mol. The Morgan fingerprint density at radius 3 is 2.84 bits per heavy atom. The van der Waals surface area contributed by atoms with Crippen molar-refractivity contribution in [2.24, 2.45) is 11.8 Å². The Hall–Kier alpha value is -0.460. The van der Waals surface area contributed by atoms with E-state index >= 15 is 0 Å². The Labute approximate surface area is 123 Å². The zero-order valence-corrected chi connectivity index (χ0v) is 13.4. The lowest BCUT2D eigenvalue weighted by molar-refractivity contribution is 0.349. The first-order chi connectivity index (χ1) is 9.00.